The highest BCUT2D eigenvalue weighted by atomic mass is 16.5. The molecule has 0 aliphatic carbocycles. The van der Waals surface area contributed by atoms with Gasteiger partial charge < -0.3 is 28.4 Å². The van der Waals surface area contributed by atoms with Crippen LogP contribution in [0.1, 0.15) is 129 Å². The summed E-state index contributed by atoms with van der Waals surface area (Å²) >= 11 is 0. The molecule has 0 saturated heterocycles. The third-order valence-electron chi connectivity index (χ3n) is 15.1. The van der Waals surface area contributed by atoms with Crippen molar-refractivity contribution in [2.75, 3.05) is 33.5 Å². The second kappa shape index (κ2) is 34.3. The summed E-state index contributed by atoms with van der Waals surface area (Å²) in [5, 5.41) is 8.83. The van der Waals surface area contributed by atoms with Gasteiger partial charge in [0.05, 0.1) is 33.5 Å². The van der Waals surface area contributed by atoms with E-state index in [1.54, 1.807) is 7.11 Å². The van der Waals surface area contributed by atoms with Gasteiger partial charge in [0.25, 0.3) is 0 Å². The average Bonchev–Trinajstić information content (AvgIpc) is 1.61. The van der Waals surface area contributed by atoms with Crippen molar-refractivity contribution in [1.82, 2.24) is 0 Å². The van der Waals surface area contributed by atoms with E-state index in [9.17, 15) is 9.59 Å². The van der Waals surface area contributed by atoms with Crippen LogP contribution in [0, 0.1) is 47.4 Å². The smallest absolute Gasteiger partial charge is 0.330 e. The minimum atomic E-state index is -0.365. The number of fused-ring (bicyclic) bond motifs is 4. The quantitative estimate of drug-likeness (QED) is 0.0287. The average molecular weight is 1230 g/mol. The van der Waals surface area contributed by atoms with Crippen molar-refractivity contribution in [3.05, 3.63) is 264 Å². The number of carbonyl (C=O) groups is 2. The maximum atomic E-state index is 11.1. The highest BCUT2D eigenvalue weighted by molar-refractivity contribution is 5.95. The van der Waals surface area contributed by atoms with Gasteiger partial charge >= 0.3 is 11.9 Å². The SMILES string of the molecule is C=CC(=O)OCCCCCCCCOc1ccc2cc(C#Cc3ccc(C#Cc4ccc(OC(C)(C)C)cc4)c4ccccc34)ccc2c1.C=CC(=O)OCCCCCCOc1ccc2cc(C#Cc3ccc(C#Cc4ccc(OC)cc4)c4ccccc34)ccc2c1. The van der Waals surface area contributed by atoms with E-state index in [0.717, 1.165) is 175 Å². The van der Waals surface area contributed by atoms with E-state index >= 15 is 0 Å². The normalized spacial score (nSPS) is 10.6. The van der Waals surface area contributed by atoms with Gasteiger partial charge in [-0.1, -0.05) is 159 Å². The lowest BCUT2D eigenvalue weighted by atomic mass is 9.99. The Hall–Kier alpha value is -10.9. The van der Waals surface area contributed by atoms with Crippen LogP contribution in [0.25, 0.3) is 43.1 Å². The highest BCUT2D eigenvalue weighted by Crippen LogP contribution is 2.28. The van der Waals surface area contributed by atoms with Crippen LogP contribution in [-0.2, 0) is 19.1 Å². The first-order valence-corrected chi connectivity index (χ1v) is 31.9. The lowest BCUT2D eigenvalue weighted by Gasteiger charge is -2.21. The van der Waals surface area contributed by atoms with Crippen molar-refractivity contribution in [3.8, 4) is 70.4 Å². The monoisotopic (exact) mass is 1230 g/mol. The van der Waals surface area contributed by atoms with Crippen LogP contribution in [0.2, 0.25) is 0 Å². The summed E-state index contributed by atoms with van der Waals surface area (Å²) in [6.07, 6.45) is 12.6. The predicted octanol–water partition coefficient (Wildman–Crippen LogP) is 18.9. The van der Waals surface area contributed by atoms with Crippen molar-refractivity contribution in [2.45, 2.75) is 90.6 Å². The molecule has 0 atom stereocenters. The van der Waals surface area contributed by atoms with E-state index in [1.807, 2.05) is 112 Å². The van der Waals surface area contributed by atoms with E-state index in [4.69, 9.17) is 28.4 Å². The first-order valence-electron chi connectivity index (χ1n) is 31.9. The summed E-state index contributed by atoms with van der Waals surface area (Å²) in [6, 6.07) is 65.4. The fourth-order valence-electron chi connectivity index (χ4n) is 10.3. The molecule has 0 saturated carbocycles. The molecule has 0 N–H and O–H groups in total. The largest absolute Gasteiger partial charge is 0.497 e. The van der Waals surface area contributed by atoms with E-state index in [2.05, 4.69) is 164 Å². The van der Waals surface area contributed by atoms with Crippen LogP contribution in [0.4, 0.5) is 0 Å². The fourth-order valence-corrected chi connectivity index (χ4v) is 10.3. The molecule has 8 heteroatoms. The van der Waals surface area contributed by atoms with Crippen LogP contribution < -0.4 is 18.9 Å². The van der Waals surface area contributed by atoms with Gasteiger partial charge in [-0.15, -0.1) is 0 Å². The molecular formula is C85H78O8. The molecule has 93 heavy (non-hydrogen) atoms. The Labute approximate surface area is 548 Å². The minimum absolute atomic E-state index is 0.236. The number of rotatable bonds is 22. The number of hydrogen-bond donors (Lipinski definition) is 0. The van der Waals surface area contributed by atoms with Gasteiger partial charge in [-0.05, 0) is 224 Å². The zero-order chi connectivity index (χ0) is 65.0. The highest BCUT2D eigenvalue weighted by Gasteiger charge is 2.12. The molecule has 0 fully saturated rings. The van der Waals surface area contributed by atoms with Gasteiger partial charge in [0.15, 0.2) is 0 Å². The van der Waals surface area contributed by atoms with Gasteiger partial charge in [-0.3, -0.25) is 0 Å². The number of hydrogen-bond acceptors (Lipinski definition) is 8. The molecule has 10 aromatic carbocycles. The molecule has 0 aromatic heterocycles. The maximum absolute atomic E-state index is 11.1. The minimum Gasteiger partial charge on any atom is -0.497 e. The standard InChI is InChI=1S/C45H44O4.C40H34O4/c1-5-44(46)48-31-13-9-7-6-8-12-30-47-41-29-26-38-32-35(18-23-39(38)33-41)17-22-37-25-24-36(42-14-10-11-15-43(37)42)21-16-34-19-27-40(28-20-34)49-45(2,3)4;1-3-40(41)44-27-9-5-4-8-26-43-37-25-22-34-28-31(14-19-35(34)29-37)13-18-33-21-20-32(38-10-6-7-11-39(33)38)17-12-30-15-23-36(42-2)24-16-30/h5,10-11,14-15,18-20,23-29,32-33H,1,6-9,12-13,30-31H2,2-4H3;3,6-7,10-11,14-16,19-25,28-29H,1,4-5,8-9,26-27H2,2H3. The van der Waals surface area contributed by atoms with Crippen molar-refractivity contribution in [2.24, 2.45) is 0 Å². The van der Waals surface area contributed by atoms with E-state index < -0.39 is 0 Å². The topological polar surface area (TPSA) is 89.5 Å². The molecule has 10 aromatic rings. The lowest BCUT2D eigenvalue weighted by molar-refractivity contribution is -0.138. The first-order chi connectivity index (χ1) is 45.4. The Morgan fingerprint density at radius 2 is 0.667 bits per heavy atom. The molecular weight excluding hydrogens is 1150 g/mol. The second-order valence-electron chi connectivity index (χ2n) is 23.3. The summed E-state index contributed by atoms with van der Waals surface area (Å²) in [6.45, 7) is 15.2. The van der Waals surface area contributed by atoms with Crippen LogP contribution in [0.15, 0.2) is 219 Å². The number of methoxy groups -OCH3 is 1. The fraction of sp³-hybridized carbons (Fsp3) is 0.224. The van der Waals surface area contributed by atoms with Gasteiger partial charge in [0.1, 0.15) is 28.6 Å². The van der Waals surface area contributed by atoms with Crippen molar-refractivity contribution in [3.63, 3.8) is 0 Å². The summed E-state index contributed by atoms with van der Waals surface area (Å²) in [7, 11) is 1.66. The maximum Gasteiger partial charge on any atom is 0.330 e. The molecule has 0 unspecified atom stereocenters. The molecule has 0 aliphatic heterocycles. The van der Waals surface area contributed by atoms with Crippen molar-refractivity contribution < 1.29 is 38.0 Å². The summed E-state index contributed by atoms with van der Waals surface area (Å²) in [4.78, 5) is 22.1. The summed E-state index contributed by atoms with van der Waals surface area (Å²) in [5.74, 6) is 29.5. The lowest BCUT2D eigenvalue weighted by Crippen LogP contribution is -2.22. The van der Waals surface area contributed by atoms with Crippen molar-refractivity contribution >= 4 is 55.0 Å². The van der Waals surface area contributed by atoms with Crippen molar-refractivity contribution in [1.29, 1.82) is 0 Å². The zero-order valence-electron chi connectivity index (χ0n) is 53.7. The number of benzene rings is 10. The number of ether oxygens (including phenoxy) is 6. The Balaban J connectivity index is 0.000000221. The number of unbranched alkanes of at least 4 members (excludes halogenated alkanes) is 8. The Morgan fingerprint density at radius 3 is 1.03 bits per heavy atom. The molecule has 8 nitrogen and oxygen atoms in total. The van der Waals surface area contributed by atoms with Gasteiger partial charge in [0.2, 0.25) is 0 Å². The predicted molar refractivity (Wildman–Crippen MR) is 379 cm³/mol. The van der Waals surface area contributed by atoms with Crippen LogP contribution >= 0.6 is 0 Å². The zero-order valence-corrected chi connectivity index (χ0v) is 53.7. The molecule has 0 radical (unpaired) electrons. The Morgan fingerprint density at radius 1 is 0.355 bits per heavy atom. The third-order valence-corrected chi connectivity index (χ3v) is 15.1. The molecule has 466 valence electrons. The second-order valence-corrected chi connectivity index (χ2v) is 23.3. The number of esters is 2. The molecule has 0 bridgehead atoms. The summed E-state index contributed by atoms with van der Waals surface area (Å²) in [5.41, 5.74) is 7.45. The first kappa shape index (κ1) is 66.5. The molecule has 0 amide bonds. The number of carbonyl (C=O) groups excluding carboxylic acids is 2. The Bertz CT molecular complexity index is 4500. The van der Waals surface area contributed by atoms with Crippen LogP contribution in [0.3, 0.4) is 0 Å². The van der Waals surface area contributed by atoms with Gasteiger partial charge in [0, 0.05) is 56.7 Å². The summed E-state index contributed by atoms with van der Waals surface area (Å²) < 4.78 is 33.2. The van der Waals surface area contributed by atoms with E-state index in [-0.39, 0.29) is 17.5 Å². The molecule has 0 heterocycles. The van der Waals surface area contributed by atoms with E-state index in [0.29, 0.717) is 26.4 Å². The van der Waals surface area contributed by atoms with Crippen LogP contribution in [-0.4, -0.2) is 51.1 Å². The molecule has 0 aliphatic rings. The van der Waals surface area contributed by atoms with Gasteiger partial charge in [-0.2, -0.15) is 0 Å². The third kappa shape index (κ3) is 20.8. The van der Waals surface area contributed by atoms with Crippen LogP contribution in [0.5, 0.6) is 23.0 Å². The van der Waals surface area contributed by atoms with E-state index in [1.165, 1.54) is 12.2 Å². The molecule has 10 rings (SSSR count). The molecule has 0 spiro atoms. The Kier molecular flexibility index (Phi) is 24.6. The van der Waals surface area contributed by atoms with Gasteiger partial charge in [-0.25, -0.2) is 9.59 Å².